The first-order valence-electron chi connectivity index (χ1n) is 7.20. The third kappa shape index (κ3) is 4.43. The molecule has 0 amide bonds. The van der Waals surface area contributed by atoms with Gasteiger partial charge in [0, 0.05) is 6.04 Å². The molecule has 1 N–H and O–H groups in total. The van der Waals surface area contributed by atoms with E-state index < -0.39 is 5.54 Å². The maximum Gasteiger partial charge on any atom is 0.138 e. The fourth-order valence-corrected chi connectivity index (χ4v) is 1.86. The van der Waals surface area contributed by atoms with Crippen molar-refractivity contribution in [2.24, 2.45) is 0 Å². The molecular formula is C16H22N2O2. The minimum atomic E-state index is -0.626. The van der Waals surface area contributed by atoms with Crippen molar-refractivity contribution < 1.29 is 9.47 Å². The van der Waals surface area contributed by atoms with Crippen molar-refractivity contribution in [3.05, 3.63) is 24.3 Å². The molecule has 1 fully saturated rings. The second-order valence-corrected chi connectivity index (χ2v) is 5.47. The zero-order valence-electron chi connectivity index (χ0n) is 12.2. The van der Waals surface area contributed by atoms with Crippen LogP contribution in [0.15, 0.2) is 24.3 Å². The van der Waals surface area contributed by atoms with Gasteiger partial charge in [-0.2, -0.15) is 5.26 Å². The summed E-state index contributed by atoms with van der Waals surface area (Å²) in [5, 5.41) is 12.6. The summed E-state index contributed by atoms with van der Waals surface area (Å²) in [6.07, 6.45) is 3.30. The molecule has 4 nitrogen and oxygen atoms in total. The predicted molar refractivity (Wildman–Crippen MR) is 77.9 cm³/mol. The molecule has 1 aromatic rings. The van der Waals surface area contributed by atoms with E-state index in [9.17, 15) is 5.26 Å². The van der Waals surface area contributed by atoms with E-state index >= 15 is 0 Å². The quantitative estimate of drug-likeness (QED) is 0.792. The largest absolute Gasteiger partial charge is 0.494 e. The average molecular weight is 274 g/mol. The van der Waals surface area contributed by atoms with Gasteiger partial charge in [0.25, 0.3) is 0 Å². The lowest BCUT2D eigenvalue weighted by atomic mass is 10.1. The second kappa shape index (κ2) is 6.62. The summed E-state index contributed by atoms with van der Waals surface area (Å²) < 4.78 is 11.2. The Bertz CT molecular complexity index is 462. The molecule has 0 saturated heterocycles. The van der Waals surface area contributed by atoms with Gasteiger partial charge in [0.05, 0.1) is 12.7 Å². The molecule has 0 aliphatic heterocycles. The summed E-state index contributed by atoms with van der Waals surface area (Å²) in [5.41, 5.74) is -0.626. The minimum Gasteiger partial charge on any atom is -0.494 e. The highest BCUT2D eigenvalue weighted by Gasteiger charge is 2.33. The van der Waals surface area contributed by atoms with E-state index in [4.69, 9.17) is 9.47 Å². The summed E-state index contributed by atoms with van der Waals surface area (Å²) in [4.78, 5) is 0. The first kappa shape index (κ1) is 14.7. The van der Waals surface area contributed by atoms with Gasteiger partial charge in [-0.15, -0.1) is 0 Å². The smallest absolute Gasteiger partial charge is 0.138 e. The van der Waals surface area contributed by atoms with Crippen molar-refractivity contribution in [1.82, 2.24) is 5.32 Å². The van der Waals surface area contributed by atoms with Gasteiger partial charge in [-0.3, -0.25) is 5.32 Å². The van der Waals surface area contributed by atoms with Crippen LogP contribution in [0.25, 0.3) is 0 Å². The van der Waals surface area contributed by atoms with Gasteiger partial charge in [0.1, 0.15) is 23.6 Å². The Morgan fingerprint density at radius 2 is 1.85 bits per heavy atom. The van der Waals surface area contributed by atoms with Crippen molar-refractivity contribution in [3.63, 3.8) is 0 Å². The number of benzene rings is 1. The molecule has 4 heteroatoms. The van der Waals surface area contributed by atoms with Crippen LogP contribution in [0.2, 0.25) is 0 Å². The van der Waals surface area contributed by atoms with Gasteiger partial charge < -0.3 is 9.47 Å². The molecule has 1 aliphatic rings. The van der Waals surface area contributed by atoms with E-state index in [1.54, 1.807) is 0 Å². The van der Waals surface area contributed by atoms with Crippen LogP contribution in [0.4, 0.5) is 0 Å². The van der Waals surface area contributed by atoms with Gasteiger partial charge in [0.2, 0.25) is 0 Å². The number of nitriles is 1. The fourth-order valence-electron chi connectivity index (χ4n) is 1.86. The van der Waals surface area contributed by atoms with Crippen LogP contribution >= 0.6 is 0 Å². The maximum absolute atomic E-state index is 9.27. The Labute approximate surface area is 120 Å². The molecular weight excluding hydrogens is 252 g/mol. The Balaban J connectivity index is 1.84. The summed E-state index contributed by atoms with van der Waals surface area (Å²) in [5.74, 6) is 1.60. The van der Waals surface area contributed by atoms with Gasteiger partial charge in [-0.1, -0.05) is 6.92 Å². The lowest BCUT2D eigenvalue weighted by Gasteiger charge is -2.23. The van der Waals surface area contributed by atoms with Crippen molar-refractivity contribution in [1.29, 1.82) is 5.26 Å². The fraction of sp³-hybridized carbons (Fsp3) is 0.562. The van der Waals surface area contributed by atoms with Crippen molar-refractivity contribution in [2.45, 2.75) is 44.7 Å². The summed E-state index contributed by atoms with van der Waals surface area (Å²) >= 11 is 0. The van der Waals surface area contributed by atoms with E-state index in [0.29, 0.717) is 12.6 Å². The molecule has 1 atom stereocenters. The lowest BCUT2D eigenvalue weighted by Crippen LogP contribution is -2.47. The number of ether oxygens (including phenoxy) is 2. The highest BCUT2D eigenvalue weighted by Crippen LogP contribution is 2.23. The number of hydrogen-bond donors (Lipinski definition) is 1. The third-order valence-corrected chi connectivity index (χ3v) is 3.17. The summed E-state index contributed by atoms with van der Waals surface area (Å²) in [6, 6.07) is 10.3. The van der Waals surface area contributed by atoms with Crippen LogP contribution in [-0.4, -0.2) is 24.8 Å². The lowest BCUT2D eigenvalue weighted by molar-refractivity contribution is 0.232. The molecule has 0 radical (unpaired) electrons. The van der Waals surface area contributed by atoms with E-state index in [1.165, 1.54) is 0 Å². The molecule has 1 aromatic carbocycles. The van der Waals surface area contributed by atoms with E-state index in [0.717, 1.165) is 37.4 Å². The van der Waals surface area contributed by atoms with Crippen molar-refractivity contribution >= 4 is 0 Å². The summed E-state index contributed by atoms with van der Waals surface area (Å²) in [6.45, 7) is 5.02. The summed E-state index contributed by atoms with van der Waals surface area (Å²) in [7, 11) is 0. The van der Waals surface area contributed by atoms with E-state index in [2.05, 4.69) is 18.3 Å². The van der Waals surface area contributed by atoms with Crippen LogP contribution in [0.1, 0.15) is 33.1 Å². The molecule has 1 saturated carbocycles. The molecule has 0 spiro atoms. The Morgan fingerprint density at radius 3 is 2.35 bits per heavy atom. The molecule has 20 heavy (non-hydrogen) atoms. The third-order valence-electron chi connectivity index (χ3n) is 3.17. The monoisotopic (exact) mass is 274 g/mol. The van der Waals surface area contributed by atoms with Crippen LogP contribution < -0.4 is 14.8 Å². The first-order chi connectivity index (χ1) is 9.65. The SMILES string of the molecule is CCCOc1ccc(OCC(C)(C#N)NC2CC2)cc1. The standard InChI is InChI=1S/C16H22N2O2/c1-3-10-19-14-6-8-15(9-7-14)20-12-16(2,11-17)18-13-4-5-13/h6-9,13,18H,3-5,10,12H2,1-2H3. The maximum atomic E-state index is 9.27. The average Bonchev–Trinajstić information content (AvgIpc) is 3.28. The first-order valence-corrected chi connectivity index (χ1v) is 7.20. The molecule has 0 aromatic heterocycles. The molecule has 108 valence electrons. The van der Waals surface area contributed by atoms with E-state index in [1.807, 2.05) is 31.2 Å². The minimum absolute atomic E-state index is 0.342. The molecule has 2 rings (SSSR count). The van der Waals surface area contributed by atoms with Gasteiger partial charge in [-0.25, -0.2) is 0 Å². The Kier molecular flexibility index (Phi) is 4.86. The van der Waals surface area contributed by atoms with Gasteiger partial charge >= 0.3 is 0 Å². The van der Waals surface area contributed by atoms with Crippen LogP contribution in [0.5, 0.6) is 11.5 Å². The highest BCUT2D eigenvalue weighted by molar-refractivity contribution is 5.31. The predicted octanol–water partition coefficient (Wildman–Crippen LogP) is 2.89. The van der Waals surface area contributed by atoms with Crippen LogP contribution in [-0.2, 0) is 0 Å². The normalized spacial score (nSPS) is 17.1. The highest BCUT2D eigenvalue weighted by atomic mass is 16.5. The Morgan fingerprint density at radius 1 is 1.25 bits per heavy atom. The topological polar surface area (TPSA) is 54.3 Å². The van der Waals surface area contributed by atoms with Gasteiger partial charge in [-0.05, 0) is 50.5 Å². The number of rotatable bonds is 8. The molecule has 1 unspecified atom stereocenters. The number of nitrogens with zero attached hydrogens (tertiary/aromatic N) is 1. The molecule has 1 aliphatic carbocycles. The number of hydrogen-bond acceptors (Lipinski definition) is 4. The molecule has 0 bridgehead atoms. The second-order valence-electron chi connectivity index (χ2n) is 5.47. The van der Waals surface area contributed by atoms with Crippen LogP contribution in [0, 0.1) is 11.3 Å². The zero-order valence-corrected chi connectivity index (χ0v) is 12.2. The molecule has 0 heterocycles. The van der Waals surface area contributed by atoms with Crippen molar-refractivity contribution in [3.8, 4) is 17.6 Å². The zero-order chi connectivity index (χ0) is 14.4. The van der Waals surface area contributed by atoms with E-state index in [-0.39, 0.29) is 0 Å². The van der Waals surface area contributed by atoms with Crippen LogP contribution in [0.3, 0.4) is 0 Å². The Hall–Kier alpha value is -1.73. The van der Waals surface area contributed by atoms with Gasteiger partial charge in [0.15, 0.2) is 0 Å². The van der Waals surface area contributed by atoms with Crippen molar-refractivity contribution in [2.75, 3.05) is 13.2 Å². The number of nitrogens with one attached hydrogen (secondary N) is 1.